The molecule has 1 aromatic rings. The number of Topliss-reactive ketones (excluding diaryl/α,β-unsaturated/α-hetero) is 1. The molecule has 0 heterocycles. The Morgan fingerprint density at radius 3 is 2.30 bits per heavy atom. The van der Waals surface area contributed by atoms with Crippen molar-refractivity contribution in [2.24, 2.45) is 5.73 Å². The van der Waals surface area contributed by atoms with Crippen LogP contribution < -0.4 is 11.1 Å². The quantitative estimate of drug-likeness (QED) is 0.701. The summed E-state index contributed by atoms with van der Waals surface area (Å²) in [6, 6.07) is 3.83. The number of hydrogen-bond acceptors (Lipinski definition) is 4. The average molecular weight is 290 g/mol. The minimum Gasteiger partial charge on any atom is -0.508 e. The molecule has 0 aliphatic rings. The van der Waals surface area contributed by atoms with Crippen molar-refractivity contribution in [3.8, 4) is 5.75 Å². The van der Waals surface area contributed by atoms with E-state index in [4.69, 9.17) is 10.8 Å². The van der Waals surface area contributed by atoms with Gasteiger partial charge in [0.25, 0.3) is 5.91 Å². The summed E-state index contributed by atoms with van der Waals surface area (Å²) in [7, 11) is 0. The van der Waals surface area contributed by atoms with Gasteiger partial charge in [0.15, 0.2) is 0 Å². The highest BCUT2D eigenvalue weighted by Crippen LogP contribution is 2.21. The second kappa shape index (κ2) is 6.38. The molecule has 0 aromatic heterocycles. The van der Waals surface area contributed by atoms with E-state index in [1.54, 1.807) is 0 Å². The summed E-state index contributed by atoms with van der Waals surface area (Å²) in [5, 5.41) is 11.2. The molecule has 1 atom stereocenters. The summed E-state index contributed by atoms with van der Waals surface area (Å²) >= 11 is 0. The third-order valence-corrected chi connectivity index (χ3v) is 2.40. The number of phenolic OH excluding ortho intramolecular Hbond substituents is 1. The summed E-state index contributed by atoms with van der Waals surface area (Å²) in [5.41, 5.74) is 5.61. The smallest absolute Gasteiger partial charge is 0.391 e. The first-order valence-corrected chi connectivity index (χ1v) is 5.61. The Bertz CT molecular complexity index is 486. The van der Waals surface area contributed by atoms with Crippen LogP contribution in [0.5, 0.6) is 5.75 Å². The van der Waals surface area contributed by atoms with E-state index in [0.717, 1.165) is 0 Å². The first kappa shape index (κ1) is 16.0. The Morgan fingerprint density at radius 2 is 1.80 bits per heavy atom. The van der Waals surface area contributed by atoms with E-state index in [1.807, 2.05) is 0 Å². The summed E-state index contributed by atoms with van der Waals surface area (Å²) in [6.07, 6.45) is -6.15. The number of halogens is 3. The van der Waals surface area contributed by atoms with Crippen LogP contribution in [0.3, 0.4) is 0 Å². The van der Waals surface area contributed by atoms with Crippen LogP contribution in [-0.4, -0.2) is 29.0 Å². The number of carbonyl (C=O) groups is 2. The molecule has 0 spiro atoms. The second-order valence-corrected chi connectivity index (χ2v) is 4.14. The topological polar surface area (TPSA) is 92.4 Å². The molecule has 1 rings (SSSR count). The number of hydrogen-bond donors (Lipinski definition) is 3. The molecule has 0 radical (unpaired) electrons. The van der Waals surface area contributed by atoms with Crippen molar-refractivity contribution in [2.75, 3.05) is 0 Å². The molecular formula is C12H13F3N2O3. The van der Waals surface area contributed by atoms with E-state index in [-0.39, 0.29) is 12.3 Å². The number of amides is 1. The van der Waals surface area contributed by atoms with Gasteiger partial charge in [0.1, 0.15) is 5.75 Å². The predicted molar refractivity (Wildman–Crippen MR) is 63.6 cm³/mol. The summed E-state index contributed by atoms with van der Waals surface area (Å²) < 4.78 is 36.1. The van der Waals surface area contributed by atoms with E-state index < -0.39 is 30.3 Å². The largest absolute Gasteiger partial charge is 0.508 e. The highest BCUT2D eigenvalue weighted by atomic mass is 19.4. The number of carbonyl (C=O) groups excluding carboxylic acids is 2. The third-order valence-electron chi connectivity index (χ3n) is 2.40. The summed E-state index contributed by atoms with van der Waals surface area (Å²) in [4.78, 5) is 22.7. The standard InChI is InChI=1S/C12H13F3N2O3/c13-12(14,15)5-9(16)10(19)11(20)17-6-7-1-3-8(18)4-2-7/h1-4,9,18H,5-6,16H2,(H,17,20). The van der Waals surface area contributed by atoms with E-state index in [1.165, 1.54) is 24.3 Å². The Labute approximate surface area is 112 Å². The minimum absolute atomic E-state index is 0.0309. The molecule has 1 amide bonds. The zero-order chi connectivity index (χ0) is 15.3. The van der Waals surface area contributed by atoms with Crippen molar-refractivity contribution < 1.29 is 27.9 Å². The van der Waals surface area contributed by atoms with Crippen LogP contribution in [0, 0.1) is 0 Å². The Morgan fingerprint density at radius 1 is 1.25 bits per heavy atom. The van der Waals surface area contributed by atoms with Gasteiger partial charge in [-0.1, -0.05) is 12.1 Å². The average Bonchev–Trinajstić information content (AvgIpc) is 2.34. The number of ketones is 1. The fourth-order valence-corrected chi connectivity index (χ4v) is 1.39. The van der Waals surface area contributed by atoms with Crippen molar-refractivity contribution in [3.63, 3.8) is 0 Å². The predicted octanol–water partition coefficient (Wildman–Crippen LogP) is 0.857. The lowest BCUT2D eigenvalue weighted by Crippen LogP contribution is -2.44. The Kier molecular flexibility index (Phi) is 5.09. The third kappa shape index (κ3) is 5.27. The molecule has 8 heteroatoms. The molecule has 0 bridgehead atoms. The minimum atomic E-state index is -4.60. The summed E-state index contributed by atoms with van der Waals surface area (Å²) in [5.74, 6) is -2.46. The monoisotopic (exact) mass is 290 g/mol. The first-order valence-electron chi connectivity index (χ1n) is 5.61. The van der Waals surface area contributed by atoms with Crippen LogP contribution in [0.4, 0.5) is 13.2 Å². The lowest BCUT2D eigenvalue weighted by Gasteiger charge is -2.12. The molecule has 0 fully saturated rings. The number of phenols is 1. The van der Waals surface area contributed by atoms with Crippen LogP contribution in [0.25, 0.3) is 0 Å². The lowest BCUT2D eigenvalue weighted by atomic mass is 10.1. The SMILES string of the molecule is NC(CC(F)(F)F)C(=O)C(=O)NCc1ccc(O)cc1. The van der Waals surface area contributed by atoms with E-state index in [9.17, 15) is 22.8 Å². The van der Waals surface area contributed by atoms with Gasteiger partial charge in [0, 0.05) is 6.54 Å². The number of benzene rings is 1. The molecule has 4 N–H and O–H groups in total. The molecular weight excluding hydrogens is 277 g/mol. The number of alkyl halides is 3. The van der Waals surface area contributed by atoms with Gasteiger partial charge in [-0.3, -0.25) is 9.59 Å². The molecule has 5 nitrogen and oxygen atoms in total. The molecule has 1 unspecified atom stereocenters. The first-order chi connectivity index (χ1) is 9.19. The molecule has 0 aliphatic carbocycles. The van der Waals surface area contributed by atoms with Crippen LogP contribution in [0.15, 0.2) is 24.3 Å². The van der Waals surface area contributed by atoms with Gasteiger partial charge in [0.2, 0.25) is 5.78 Å². The Balaban J connectivity index is 2.50. The van der Waals surface area contributed by atoms with Crippen molar-refractivity contribution >= 4 is 11.7 Å². The number of nitrogens with one attached hydrogen (secondary N) is 1. The van der Waals surface area contributed by atoms with Crippen LogP contribution in [-0.2, 0) is 16.1 Å². The van der Waals surface area contributed by atoms with E-state index >= 15 is 0 Å². The number of aromatic hydroxyl groups is 1. The zero-order valence-corrected chi connectivity index (χ0v) is 10.3. The molecule has 1 aromatic carbocycles. The van der Waals surface area contributed by atoms with Gasteiger partial charge < -0.3 is 16.2 Å². The van der Waals surface area contributed by atoms with Crippen LogP contribution in [0.2, 0.25) is 0 Å². The second-order valence-electron chi connectivity index (χ2n) is 4.14. The van der Waals surface area contributed by atoms with Crippen molar-refractivity contribution in [2.45, 2.75) is 25.2 Å². The summed E-state index contributed by atoms with van der Waals surface area (Å²) in [6.45, 7) is -0.0520. The van der Waals surface area contributed by atoms with Gasteiger partial charge in [-0.25, -0.2) is 0 Å². The van der Waals surface area contributed by atoms with Crippen molar-refractivity contribution in [1.29, 1.82) is 0 Å². The van der Waals surface area contributed by atoms with Crippen molar-refractivity contribution in [3.05, 3.63) is 29.8 Å². The van der Waals surface area contributed by atoms with Crippen LogP contribution >= 0.6 is 0 Å². The zero-order valence-electron chi connectivity index (χ0n) is 10.3. The number of nitrogens with two attached hydrogens (primary N) is 1. The van der Waals surface area contributed by atoms with Crippen LogP contribution in [0.1, 0.15) is 12.0 Å². The maximum absolute atomic E-state index is 12.0. The van der Waals surface area contributed by atoms with Gasteiger partial charge >= 0.3 is 6.18 Å². The van der Waals surface area contributed by atoms with Gasteiger partial charge in [-0.05, 0) is 17.7 Å². The molecule has 0 saturated heterocycles. The maximum atomic E-state index is 12.0. The Hall–Kier alpha value is -2.09. The van der Waals surface area contributed by atoms with E-state index in [2.05, 4.69) is 5.32 Å². The van der Waals surface area contributed by atoms with Crippen molar-refractivity contribution in [1.82, 2.24) is 5.32 Å². The molecule has 110 valence electrons. The fraction of sp³-hybridized carbons (Fsp3) is 0.333. The highest BCUT2D eigenvalue weighted by molar-refractivity contribution is 6.38. The molecule has 0 aliphatic heterocycles. The highest BCUT2D eigenvalue weighted by Gasteiger charge is 2.35. The molecule has 20 heavy (non-hydrogen) atoms. The normalized spacial score (nSPS) is 12.8. The molecule has 0 saturated carbocycles. The maximum Gasteiger partial charge on any atom is 0.391 e. The van der Waals surface area contributed by atoms with Gasteiger partial charge in [-0.15, -0.1) is 0 Å². The lowest BCUT2D eigenvalue weighted by molar-refractivity contribution is -0.150. The van der Waals surface area contributed by atoms with Gasteiger partial charge in [-0.2, -0.15) is 13.2 Å². The van der Waals surface area contributed by atoms with E-state index in [0.29, 0.717) is 5.56 Å². The number of rotatable bonds is 5. The fourth-order valence-electron chi connectivity index (χ4n) is 1.39. The van der Waals surface area contributed by atoms with Gasteiger partial charge in [0.05, 0.1) is 12.5 Å².